The van der Waals surface area contributed by atoms with Gasteiger partial charge in [0.1, 0.15) is 0 Å². The first-order valence-corrected chi connectivity index (χ1v) is 7.41. The lowest BCUT2D eigenvalue weighted by Crippen LogP contribution is -2.20. The van der Waals surface area contributed by atoms with Crippen LogP contribution in [0.5, 0.6) is 0 Å². The Morgan fingerprint density at radius 1 is 0.800 bits per heavy atom. The van der Waals surface area contributed by atoms with Crippen LogP contribution in [0.4, 0.5) is 0 Å². The Hall–Kier alpha value is -1.60. The molecule has 0 heterocycles. The zero-order valence-corrected chi connectivity index (χ0v) is 12.8. The summed E-state index contributed by atoms with van der Waals surface area (Å²) in [6.45, 7) is 7.32. The summed E-state index contributed by atoms with van der Waals surface area (Å²) in [6, 6.07) is 15.2. The van der Waals surface area contributed by atoms with E-state index in [9.17, 15) is 0 Å². The largest absolute Gasteiger partial charge is 0.330 e. The maximum absolute atomic E-state index is 6.02. The van der Waals surface area contributed by atoms with E-state index in [0.29, 0.717) is 5.92 Å². The predicted octanol–water partition coefficient (Wildman–Crippen LogP) is 3.97. The first-order valence-electron chi connectivity index (χ1n) is 7.41. The van der Waals surface area contributed by atoms with Crippen molar-refractivity contribution in [3.8, 4) is 0 Å². The Labute approximate surface area is 122 Å². The van der Waals surface area contributed by atoms with Gasteiger partial charge in [-0.25, -0.2) is 0 Å². The van der Waals surface area contributed by atoms with Crippen molar-refractivity contribution in [2.45, 2.75) is 33.6 Å². The van der Waals surface area contributed by atoms with E-state index in [0.717, 1.165) is 19.4 Å². The summed E-state index contributed by atoms with van der Waals surface area (Å²) in [5.41, 5.74) is 13.0. The summed E-state index contributed by atoms with van der Waals surface area (Å²) in [5.74, 6) is 0.510. The lowest BCUT2D eigenvalue weighted by atomic mass is 9.88. The first-order chi connectivity index (χ1) is 9.61. The molecule has 0 fully saturated rings. The number of rotatable bonds is 5. The highest BCUT2D eigenvalue weighted by Gasteiger charge is 2.13. The normalized spacial score (nSPS) is 12.4. The van der Waals surface area contributed by atoms with Gasteiger partial charge in [0.25, 0.3) is 0 Å². The number of hydrogen-bond donors (Lipinski definition) is 1. The Balaban J connectivity index is 2.16. The highest BCUT2D eigenvalue weighted by Crippen LogP contribution is 2.21. The second kappa shape index (κ2) is 6.71. The third-order valence-electron chi connectivity index (χ3n) is 4.24. The minimum atomic E-state index is 0.510. The third kappa shape index (κ3) is 3.49. The maximum atomic E-state index is 6.02. The smallest absolute Gasteiger partial charge is 0.00425 e. The minimum Gasteiger partial charge on any atom is -0.330 e. The predicted molar refractivity (Wildman–Crippen MR) is 87.0 cm³/mol. The van der Waals surface area contributed by atoms with Gasteiger partial charge in [0, 0.05) is 0 Å². The van der Waals surface area contributed by atoms with Gasteiger partial charge in [0.2, 0.25) is 0 Å². The van der Waals surface area contributed by atoms with E-state index in [2.05, 4.69) is 63.2 Å². The molecule has 1 atom stereocenters. The maximum Gasteiger partial charge on any atom is -0.00425 e. The van der Waals surface area contributed by atoms with Gasteiger partial charge in [-0.3, -0.25) is 0 Å². The molecule has 1 nitrogen and oxygen atoms in total. The number of benzene rings is 2. The Kier molecular flexibility index (Phi) is 4.97. The van der Waals surface area contributed by atoms with Crippen LogP contribution in [-0.4, -0.2) is 6.54 Å². The van der Waals surface area contributed by atoms with Crippen molar-refractivity contribution >= 4 is 0 Å². The van der Waals surface area contributed by atoms with Crippen molar-refractivity contribution in [3.63, 3.8) is 0 Å². The Morgan fingerprint density at radius 3 is 2.00 bits per heavy atom. The molecular weight excluding hydrogens is 242 g/mol. The Bertz CT molecular complexity index is 551. The molecule has 0 saturated heterocycles. The zero-order chi connectivity index (χ0) is 14.5. The summed E-state index contributed by atoms with van der Waals surface area (Å²) in [7, 11) is 0. The molecular formula is C19H25N. The molecule has 106 valence electrons. The molecule has 0 spiro atoms. The third-order valence-corrected chi connectivity index (χ3v) is 4.24. The van der Waals surface area contributed by atoms with Crippen molar-refractivity contribution in [1.82, 2.24) is 0 Å². The molecule has 0 saturated carbocycles. The van der Waals surface area contributed by atoms with Gasteiger partial charge in [-0.1, -0.05) is 42.5 Å². The average Bonchev–Trinajstić information content (AvgIpc) is 2.44. The molecule has 0 amide bonds. The van der Waals surface area contributed by atoms with Gasteiger partial charge in [-0.15, -0.1) is 0 Å². The molecule has 20 heavy (non-hydrogen) atoms. The van der Waals surface area contributed by atoms with Gasteiger partial charge >= 0.3 is 0 Å². The van der Waals surface area contributed by atoms with Crippen molar-refractivity contribution in [1.29, 1.82) is 0 Å². The standard InChI is InChI=1S/C19H25N/c1-14-7-4-5-10-18(14)11-17(13-20)12-19-15(2)8-6-9-16(19)3/h4-10,17H,11-13,20H2,1-3H3. The zero-order valence-electron chi connectivity index (χ0n) is 12.8. The van der Waals surface area contributed by atoms with Crippen molar-refractivity contribution in [2.24, 2.45) is 11.7 Å². The highest BCUT2D eigenvalue weighted by molar-refractivity contribution is 5.34. The summed E-state index contributed by atoms with van der Waals surface area (Å²) in [5, 5.41) is 0. The van der Waals surface area contributed by atoms with Gasteiger partial charge in [0.15, 0.2) is 0 Å². The highest BCUT2D eigenvalue weighted by atomic mass is 14.5. The molecule has 0 bridgehead atoms. The molecule has 0 aliphatic heterocycles. The van der Waals surface area contributed by atoms with Crippen LogP contribution in [0, 0.1) is 26.7 Å². The van der Waals surface area contributed by atoms with E-state index in [4.69, 9.17) is 5.73 Å². The fourth-order valence-corrected chi connectivity index (χ4v) is 2.85. The first kappa shape index (κ1) is 14.8. The van der Waals surface area contributed by atoms with Crippen molar-refractivity contribution in [2.75, 3.05) is 6.54 Å². The summed E-state index contributed by atoms with van der Waals surface area (Å²) < 4.78 is 0. The molecule has 1 unspecified atom stereocenters. The molecule has 0 aromatic heterocycles. The Morgan fingerprint density at radius 2 is 1.40 bits per heavy atom. The molecule has 2 aromatic rings. The van der Waals surface area contributed by atoms with Gasteiger partial charge in [-0.05, 0) is 73.9 Å². The molecule has 2 rings (SSSR count). The van der Waals surface area contributed by atoms with Crippen LogP contribution < -0.4 is 5.73 Å². The van der Waals surface area contributed by atoms with E-state index in [1.807, 2.05) is 0 Å². The van der Waals surface area contributed by atoms with Crippen LogP contribution >= 0.6 is 0 Å². The van der Waals surface area contributed by atoms with Crippen LogP contribution in [0.1, 0.15) is 27.8 Å². The number of nitrogens with two attached hydrogens (primary N) is 1. The lowest BCUT2D eigenvalue weighted by Gasteiger charge is -2.19. The fraction of sp³-hybridized carbons (Fsp3) is 0.368. The summed E-state index contributed by atoms with van der Waals surface area (Å²) in [6.07, 6.45) is 2.14. The van der Waals surface area contributed by atoms with Crippen molar-refractivity contribution < 1.29 is 0 Å². The SMILES string of the molecule is Cc1ccccc1CC(CN)Cc1c(C)cccc1C. The number of aryl methyl sites for hydroxylation is 3. The van der Waals surface area contributed by atoms with E-state index in [-0.39, 0.29) is 0 Å². The summed E-state index contributed by atoms with van der Waals surface area (Å²) >= 11 is 0. The molecule has 0 aliphatic carbocycles. The van der Waals surface area contributed by atoms with Crippen LogP contribution in [0.3, 0.4) is 0 Å². The van der Waals surface area contributed by atoms with Gasteiger partial charge < -0.3 is 5.73 Å². The average molecular weight is 267 g/mol. The molecule has 2 N–H and O–H groups in total. The second-order valence-electron chi connectivity index (χ2n) is 5.81. The van der Waals surface area contributed by atoms with E-state index in [1.54, 1.807) is 0 Å². The monoisotopic (exact) mass is 267 g/mol. The van der Waals surface area contributed by atoms with E-state index >= 15 is 0 Å². The minimum absolute atomic E-state index is 0.510. The number of hydrogen-bond acceptors (Lipinski definition) is 1. The lowest BCUT2D eigenvalue weighted by molar-refractivity contribution is 0.529. The van der Waals surface area contributed by atoms with Crippen LogP contribution in [-0.2, 0) is 12.8 Å². The van der Waals surface area contributed by atoms with Crippen LogP contribution in [0.25, 0.3) is 0 Å². The fourth-order valence-electron chi connectivity index (χ4n) is 2.85. The second-order valence-corrected chi connectivity index (χ2v) is 5.81. The van der Waals surface area contributed by atoms with Crippen LogP contribution in [0.2, 0.25) is 0 Å². The molecule has 0 aliphatic rings. The topological polar surface area (TPSA) is 26.0 Å². The van der Waals surface area contributed by atoms with E-state index in [1.165, 1.54) is 27.8 Å². The quantitative estimate of drug-likeness (QED) is 0.871. The molecule has 0 radical (unpaired) electrons. The molecule has 1 heteroatoms. The van der Waals surface area contributed by atoms with Crippen molar-refractivity contribution in [3.05, 3.63) is 70.3 Å². The van der Waals surface area contributed by atoms with Gasteiger partial charge in [-0.2, -0.15) is 0 Å². The van der Waals surface area contributed by atoms with Crippen LogP contribution in [0.15, 0.2) is 42.5 Å². The van der Waals surface area contributed by atoms with E-state index < -0.39 is 0 Å². The summed E-state index contributed by atoms with van der Waals surface area (Å²) in [4.78, 5) is 0. The molecule has 2 aromatic carbocycles. The van der Waals surface area contributed by atoms with Gasteiger partial charge in [0.05, 0.1) is 0 Å².